The molecule has 1 atom stereocenters. The van der Waals surface area contributed by atoms with Gasteiger partial charge in [-0.3, -0.25) is 4.68 Å². The number of benzene rings is 1. The number of aryl methyl sites for hydroxylation is 1. The van der Waals surface area contributed by atoms with Crippen molar-refractivity contribution in [2.75, 3.05) is 7.05 Å². The second-order valence-corrected chi connectivity index (χ2v) is 6.47. The minimum atomic E-state index is -0.118. The zero-order chi connectivity index (χ0) is 16.4. The third-order valence-electron chi connectivity index (χ3n) is 3.71. The van der Waals surface area contributed by atoms with Crippen LogP contribution in [-0.4, -0.2) is 32.7 Å². The summed E-state index contributed by atoms with van der Waals surface area (Å²) in [6.45, 7) is 2.46. The first kappa shape index (κ1) is 15.5. The van der Waals surface area contributed by atoms with E-state index < -0.39 is 0 Å². The van der Waals surface area contributed by atoms with Crippen LogP contribution in [0.15, 0.2) is 36.0 Å². The zero-order valence-corrected chi connectivity index (χ0v) is 14.2. The van der Waals surface area contributed by atoms with E-state index in [-0.39, 0.29) is 12.1 Å². The van der Waals surface area contributed by atoms with E-state index in [9.17, 15) is 4.79 Å². The maximum Gasteiger partial charge on any atom is 0.317 e. The lowest BCUT2D eigenvalue weighted by molar-refractivity contribution is 0.203. The molecule has 6 nitrogen and oxygen atoms in total. The van der Waals surface area contributed by atoms with Crippen molar-refractivity contribution in [2.45, 2.75) is 19.5 Å². The van der Waals surface area contributed by atoms with E-state index in [0.717, 1.165) is 21.5 Å². The average molecular weight is 329 g/mol. The van der Waals surface area contributed by atoms with Gasteiger partial charge in [0.25, 0.3) is 0 Å². The molecule has 120 valence electrons. The molecular weight excluding hydrogens is 310 g/mol. The fraction of sp³-hybridized carbons (Fsp3) is 0.312. The van der Waals surface area contributed by atoms with Crippen LogP contribution in [0.1, 0.15) is 24.2 Å². The second-order valence-electron chi connectivity index (χ2n) is 5.59. The second kappa shape index (κ2) is 6.37. The number of amides is 2. The van der Waals surface area contributed by atoms with Crippen molar-refractivity contribution in [1.29, 1.82) is 0 Å². The highest BCUT2D eigenvalue weighted by Crippen LogP contribution is 2.22. The van der Waals surface area contributed by atoms with E-state index in [2.05, 4.69) is 21.5 Å². The van der Waals surface area contributed by atoms with E-state index in [1.165, 1.54) is 0 Å². The van der Waals surface area contributed by atoms with Gasteiger partial charge in [-0.2, -0.15) is 5.10 Å². The molecule has 0 bridgehead atoms. The normalized spacial score (nSPS) is 12.3. The molecule has 0 aliphatic heterocycles. The number of hydrogen-bond donors (Lipinski definition) is 1. The Balaban J connectivity index is 1.63. The predicted octanol–water partition coefficient (Wildman–Crippen LogP) is 2.93. The Morgan fingerprint density at radius 2 is 2.26 bits per heavy atom. The quantitative estimate of drug-likeness (QED) is 0.800. The third-order valence-corrected chi connectivity index (χ3v) is 4.50. The molecule has 0 saturated heterocycles. The van der Waals surface area contributed by atoms with Gasteiger partial charge in [0.15, 0.2) is 0 Å². The van der Waals surface area contributed by atoms with Crippen molar-refractivity contribution < 1.29 is 4.79 Å². The lowest BCUT2D eigenvalue weighted by atomic mass is 10.1. The molecule has 1 unspecified atom stereocenters. The fourth-order valence-electron chi connectivity index (χ4n) is 2.38. The fourth-order valence-corrected chi connectivity index (χ4v) is 3.11. The molecule has 0 aliphatic carbocycles. The minimum absolute atomic E-state index is 0.0693. The smallest absolute Gasteiger partial charge is 0.317 e. The van der Waals surface area contributed by atoms with Crippen LogP contribution in [0, 0.1) is 0 Å². The van der Waals surface area contributed by atoms with Gasteiger partial charge in [0.1, 0.15) is 0 Å². The van der Waals surface area contributed by atoms with Gasteiger partial charge >= 0.3 is 6.03 Å². The summed E-state index contributed by atoms with van der Waals surface area (Å²) in [7, 11) is 3.63. The minimum Gasteiger partial charge on any atom is -0.331 e. The van der Waals surface area contributed by atoms with Gasteiger partial charge in [0, 0.05) is 20.3 Å². The third kappa shape index (κ3) is 3.50. The van der Waals surface area contributed by atoms with Crippen LogP contribution < -0.4 is 5.32 Å². The standard InChI is InChI=1S/C16H19N5OS/c1-11(12-4-5-14-15(8-12)23-10-17-14)18-16(22)20(2)9-13-6-7-21(3)19-13/h4-8,10-11H,9H2,1-3H3,(H,18,22). The van der Waals surface area contributed by atoms with Gasteiger partial charge in [0.05, 0.1) is 34.0 Å². The van der Waals surface area contributed by atoms with Crippen LogP contribution in [0.2, 0.25) is 0 Å². The number of fused-ring (bicyclic) bond motifs is 1. The van der Waals surface area contributed by atoms with Gasteiger partial charge in [-0.05, 0) is 30.7 Å². The van der Waals surface area contributed by atoms with Crippen LogP contribution in [-0.2, 0) is 13.6 Å². The number of nitrogens with one attached hydrogen (secondary N) is 1. The van der Waals surface area contributed by atoms with Crippen LogP contribution in [0.25, 0.3) is 10.2 Å². The Morgan fingerprint density at radius 1 is 1.43 bits per heavy atom. The largest absolute Gasteiger partial charge is 0.331 e. The van der Waals surface area contributed by atoms with Gasteiger partial charge in [0.2, 0.25) is 0 Å². The molecule has 1 aromatic carbocycles. The number of carbonyl (C=O) groups excluding carboxylic acids is 1. The summed E-state index contributed by atoms with van der Waals surface area (Å²) in [6.07, 6.45) is 1.87. The van der Waals surface area contributed by atoms with Gasteiger partial charge < -0.3 is 10.2 Å². The van der Waals surface area contributed by atoms with Crippen molar-refractivity contribution in [3.8, 4) is 0 Å². The number of rotatable bonds is 4. The SMILES string of the molecule is CC(NC(=O)N(C)Cc1ccn(C)n1)c1ccc2ncsc2c1. The Bertz CT molecular complexity index is 825. The van der Waals surface area contributed by atoms with E-state index in [0.29, 0.717) is 6.54 Å². The molecule has 2 heterocycles. The van der Waals surface area contributed by atoms with Crippen molar-refractivity contribution >= 4 is 27.6 Å². The van der Waals surface area contributed by atoms with Gasteiger partial charge in [-0.25, -0.2) is 9.78 Å². The molecule has 0 aliphatic rings. The van der Waals surface area contributed by atoms with Gasteiger partial charge in [-0.1, -0.05) is 6.07 Å². The van der Waals surface area contributed by atoms with Crippen LogP contribution in [0.5, 0.6) is 0 Å². The molecule has 0 fully saturated rings. The number of nitrogens with zero attached hydrogens (tertiary/aromatic N) is 4. The first-order valence-electron chi connectivity index (χ1n) is 7.36. The van der Waals surface area contributed by atoms with Crippen molar-refractivity contribution in [2.24, 2.45) is 7.05 Å². The molecule has 0 saturated carbocycles. The van der Waals surface area contributed by atoms with E-state index in [4.69, 9.17) is 0 Å². The Morgan fingerprint density at radius 3 is 3.00 bits per heavy atom. The number of carbonyl (C=O) groups is 1. The highest BCUT2D eigenvalue weighted by Gasteiger charge is 2.15. The number of urea groups is 1. The lowest BCUT2D eigenvalue weighted by Gasteiger charge is -2.21. The Kier molecular flexibility index (Phi) is 4.29. The van der Waals surface area contributed by atoms with Crippen LogP contribution in [0.3, 0.4) is 0 Å². The number of aromatic nitrogens is 3. The number of thiazole rings is 1. The van der Waals surface area contributed by atoms with Crippen molar-refractivity contribution in [3.05, 3.63) is 47.2 Å². The summed E-state index contributed by atoms with van der Waals surface area (Å²) in [5.41, 5.74) is 4.76. The van der Waals surface area contributed by atoms with Crippen molar-refractivity contribution in [3.63, 3.8) is 0 Å². The van der Waals surface area contributed by atoms with Crippen molar-refractivity contribution in [1.82, 2.24) is 25.0 Å². The number of hydrogen-bond acceptors (Lipinski definition) is 4. The lowest BCUT2D eigenvalue weighted by Crippen LogP contribution is -2.38. The van der Waals surface area contributed by atoms with E-state index in [1.54, 1.807) is 28.0 Å². The van der Waals surface area contributed by atoms with Crippen LogP contribution >= 0.6 is 11.3 Å². The maximum absolute atomic E-state index is 12.3. The summed E-state index contributed by atoms with van der Waals surface area (Å²) in [5, 5.41) is 7.30. The molecule has 7 heteroatoms. The molecule has 2 amide bonds. The molecule has 3 rings (SSSR count). The Labute approximate surface area is 138 Å². The first-order chi connectivity index (χ1) is 11.0. The first-order valence-corrected chi connectivity index (χ1v) is 8.24. The highest BCUT2D eigenvalue weighted by molar-refractivity contribution is 7.16. The van der Waals surface area contributed by atoms with E-state index >= 15 is 0 Å². The molecule has 2 aromatic heterocycles. The summed E-state index contributed by atoms with van der Waals surface area (Å²) >= 11 is 1.60. The summed E-state index contributed by atoms with van der Waals surface area (Å²) in [4.78, 5) is 18.2. The molecule has 0 spiro atoms. The van der Waals surface area contributed by atoms with Crippen LogP contribution in [0.4, 0.5) is 4.79 Å². The molecule has 1 N–H and O–H groups in total. The molecule has 3 aromatic rings. The molecule has 0 radical (unpaired) electrons. The summed E-state index contributed by atoms with van der Waals surface area (Å²) in [6, 6.07) is 7.79. The maximum atomic E-state index is 12.3. The van der Waals surface area contributed by atoms with Gasteiger partial charge in [-0.15, -0.1) is 11.3 Å². The summed E-state index contributed by atoms with van der Waals surface area (Å²) in [5.74, 6) is 0. The predicted molar refractivity (Wildman–Crippen MR) is 91.2 cm³/mol. The monoisotopic (exact) mass is 329 g/mol. The Hall–Kier alpha value is -2.41. The highest BCUT2D eigenvalue weighted by atomic mass is 32.1. The summed E-state index contributed by atoms with van der Waals surface area (Å²) < 4.78 is 2.86. The van der Waals surface area contributed by atoms with E-state index in [1.807, 2.05) is 43.9 Å². The molecular formula is C16H19N5OS. The topological polar surface area (TPSA) is 63.1 Å². The molecule has 23 heavy (non-hydrogen) atoms. The zero-order valence-electron chi connectivity index (χ0n) is 13.4. The average Bonchev–Trinajstić information content (AvgIpc) is 3.14.